The average molecular weight is 214 g/mol. The van der Waals surface area contributed by atoms with Gasteiger partial charge in [0.1, 0.15) is 0 Å². The second-order valence-electron chi connectivity index (χ2n) is 4.72. The number of rotatable bonds is 7. The molecule has 0 spiro atoms. The van der Waals surface area contributed by atoms with Crippen LogP contribution in [0, 0.1) is 5.92 Å². The molecule has 1 saturated carbocycles. The zero-order valence-electron chi connectivity index (χ0n) is 9.24. The Kier molecular flexibility index (Phi) is 4.38. The third-order valence-corrected chi connectivity index (χ3v) is 3.06. The molecule has 0 aromatic heterocycles. The summed E-state index contributed by atoms with van der Waals surface area (Å²) in [6, 6.07) is 0.434. The lowest BCUT2D eigenvalue weighted by molar-refractivity contribution is 0.126. The van der Waals surface area contributed by atoms with E-state index in [9.17, 15) is 5.11 Å². The first-order chi connectivity index (χ1) is 7.34. The zero-order valence-corrected chi connectivity index (χ0v) is 9.24. The van der Waals surface area contributed by atoms with Crippen LogP contribution in [0.25, 0.3) is 0 Å². The normalized spacial score (nSPS) is 31.0. The van der Waals surface area contributed by atoms with Gasteiger partial charge in [0.25, 0.3) is 0 Å². The molecule has 2 atom stereocenters. The van der Waals surface area contributed by atoms with E-state index in [1.54, 1.807) is 0 Å². The first-order valence-electron chi connectivity index (χ1n) is 6.04. The van der Waals surface area contributed by atoms with Gasteiger partial charge in [-0.2, -0.15) is 0 Å². The van der Waals surface area contributed by atoms with Crippen LogP contribution in [-0.4, -0.2) is 50.1 Å². The molecule has 2 unspecified atom stereocenters. The van der Waals surface area contributed by atoms with Gasteiger partial charge in [0.05, 0.1) is 12.7 Å². The van der Waals surface area contributed by atoms with Crippen molar-refractivity contribution in [2.45, 2.75) is 31.4 Å². The highest BCUT2D eigenvalue weighted by atomic mass is 16.5. The van der Waals surface area contributed by atoms with Crippen molar-refractivity contribution in [3.8, 4) is 0 Å². The van der Waals surface area contributed by atoms with Gasteiger partial charge >= 0.3 is 0 Å². The number of β-amino-alcohol motifs (C(OH)–C–C–N with tert-alkyl or cyclic N) is 1. The molecule has 88 valence electrons. The van der Waals surface area contributed by atoms with Crippen molar-refractivity contribution in [3.63, 3.8) is 0 Å². The van der Waals surface area contributed by atoms with Crippen LogP contribution in [0.1, 0.15) is 19.3 Å². The maximum absolute atomic E-state index is 9.29. The lowest BCUT2D eigenvalue weighted by Crippen LogP contribution is -2.35. The van der Waals surface area contributed by atoms with Crippen LogP contribution >= 0.6 is 0 Å². The van der Waals surface area contributed by atoms with Crippen molar-refractivity contribution in [1.82, 2.24) is 10.6 Å². The minimum Gasteiger partial charge on any atom is -0.392 e. The van der Waals surface area contributed by atoms with Gasteiger partial charge in [-0.1, -0.05) is 0 Å². The fraction of sp³-hybridized carbons (Fsp3) is 1.00. The highest BCUT2D eigenvalue weighted by Crippen LogP contribution is 2.28. The molecule has 0 amide bonds. The van der Waals surface area contributed by atoms with E-state index in [1.165, 1.54) is 12.8 Å². The van der Waals surface area contributed by atoms with Gasteiger partial charge in [-0.05, 0) is 25.2 Å². The molecule has 0 aromatic carbocycles. The Bertz CT molecular complexity index is 185. The van der Waals surface area contributed by atoms with E-state index in [2.05, 4.69) is 10.6 Å². The Hall–Kier alpha value is -0.160. The topological polar surface area (TPSA) is 53.5 Å². The van der Waals surface area contributed by atoms with E-state index in [4.69, 9.17) is 4.74 Å². The number of hydrogen-bond donors (Lipinski definition) is 3. The van der Waals surface area contributed by atoms with E-state index in [-0.39, 0.29) is 6.10 Å². The predicted octanol–water partition coefficient (Wildman–Crippen LogP) is -0.275. The second-order valence-corrected chi connectivity index (χ2v) is 4.72. The van der Waals surface area contributed by atoms with Crippen molar-refractivity contribution in [3.05, 3.63) is 0 Å². The maximum Gasteiger partial charge on any atom is 0.0680 e. The third-order valence-electron chi connectivity index (χ3n) is 3.06. The average Bonchev–Trinajstić information content (AvgIpc) is 2.95. The molecule has 1 aliphatic heterocycles. The van der Waals surface area contributed by atoms with Gasteiger partial charge < -0.3 is 20.5 Å². The predicted molar refractivity (Wildman–Crippen MR) is 58.8 cm³/mol. The van der Waals surface area contributed by atoms with Gasteiger partial charge in [-0.3, -0.25) is 0 Å². The van der Waals surface area contributed by atoms with Crippen molar-refractivity contribution in [2.75, 3.05) is 32.8 Å². The van der Waals surface area contributed by atoms with Gasteiger partial charge in [0.2, 0.25) is 0 Å². The largest absolute Gasteiger partial charge is 0.392 e. The van der Waals surface area contributed by atoms with Gasteiger partial charge in [0.15, 0.2) is 0 Å². The van der Waals surface area contributed by atoms with Crippen LogP contribution in [0.4, 0.5) is 0 Å². The van der Waals surface area contributed by atoms with Crippen LogP contribution < -0.4 is 10.6 Å². The first kappa shape index (κ1) is 11.3. The van der Waals surface area contributed by atoms with E-state index < -0.39 is 0 Å². The third kappa shape index (κ3) is 4.47. The molecule has 1 aliphatic carbocycles. The second kappa shape index (κ2) is 5.80. The van der Waals surface area contributed by atoms with Crippen LogP contribution in [0.3, 0.4) is 0 Å². The summed E-state index contributed by atoms with van der Waals surface area (Å²) >= 11 is 0. The summed E-state index contributed by atoms with van der Waals surface area (Å²) in [5.41, 5.74) is 0. The summed E-state index contributed by atoms with van der Waals surface area (Å²) < 4.78 is 5.51. The summed E-state index contributed by atoms with van der Waals surface area (Å²) in [5.74, 6) is 0.858. The molecule has 2 rings (SSSR count). The highest BCUT2D eigenvalue weighted by Gasteiger charge is 2.22. The number of nitrogens with one attached hydrogen (secondary N) is 2. The summed E-state index contributed by atoms with van der Waals surface area (Å²) in [6.45, 7) is 4.35. The van der Waals surface area contributed by atoms with Crippen molar-refractivity contribution in [2.24, 2.45) is 5.92 Å². The Morgan fingerprint density at radius 2 is 2.27 bits per heavy atom. The first-order valence-corrected chi connectivity index (χ1v) is 6.04. The Labute approximate surface area is 91.4 Å². The maximum atomic E-state index is 9.29. The standard InChI is InChI=1S/C11H22N2O2/c14-11-5-10(13-7-11)6-12-3-4-15-8-9-1-2-9/h9-14H,1-8H2. The lowest BCUT2D eigenvalue weighted by atomic mass is 10.2. The quantitative estimate of drug-likeness (QED) is 0.511. The molecule has 4 nitrogen and oxygen atoms in total. The zero-order chi connectivity index (χ0) is 10.5. The van der Waals surface area contributed by atoms with Crippen LogP contribution in [0.5, 0.6) is 0 Å². The SMILES string of the molecule is OC1CNC(CNCCOCC2CC2)C1. The number of aliphatic hydroxyl groups is 1. The van der Waals surface area contributed by atoms with Crippen LogP contribution in [0.2, 0.25) is 0 Å². The van der Waals surface area contributed by atoms with Crippen LogP contribution in [-0.2, 0) is 4.74 Å². The molecular weight excluding hydrogens is 192 g/mol. The number of ether oxygens (including phenoxy) is 1. The molecule has 4 heteroatoms. The molecule has 0 radical (unpaired) electrons. The Morgan fingerprint density at radius 3 is 2.93 bits per heavy atom. The van der Waals surface area contributed by atoms with E-state index in [0.717, 1.165) is 45.2 Å². The molecule has 1 heterocycles. The van der Waals surface area contributed by atoms with Gasteiger partial charge in [-0.15, -0.1) is 0 Å². The number of hydrogen-bond acceptors (Lipinski definition) is 4. The molecule has 0 bridgehead atoms. The smallest absolute Gasteiger partial charge is 0.0680 e. The summed E-state index contributed by atoms with van der Waals surface area (Å²) in [7, 11) is 0. The monoisotopic (exact) mass is 214 g/mol. The van der Waals surface area contributed by atoms with E-state index >= 15 is 0 Å². The molecule has 3 N–H and O–H groups in total. The van der Waals surface area contributed by atoms with Crippen LogP contribution in [0.15, 0.2) is 0 Å². The summed E-state index contributed by atoms with van der Waals surface area (Å²) in [6.07, 6.45) is 3.44. The van der Waals surface area contributed by atoms with Crippen molar-refractivity contribution >= 4 is 0 Å². The van der Waals surface area contributed by atoms with Gasteiger partial charge in [0, 0.05) is 32.3 Å². The van der Waals surface area contributed by atoms with Crippen molar-refractivity contribution in [1.29, 1.82) is 0 Å². The molecule has 1 saturated heterocycles. The molecule has 2 aliphatic rings. The lowest BCUT2D eigenvalue weighted by Gasteiger charge is -2.11. The minimum atomic E-state index is -0.150. The van der Waals surface area contributed by atoms with E-state index in [1.807, 2.05) is 0 Å². The van der Waals surface area contributed by atoms with E-state index in [0.29, 0.717) is 6.04 Å². The van der Waals surface area contributed by atoms with Crippen molar-refractivity contribution < 1.29 is 9.84 Å². The fourth-order valence-corrected chi connectivity index (χ4v) is 1.91. The van der Waals surface area contributed by atoms with Gasteiger partial charge in [-0.25, -0.2) is 0 Å². The molecule has 15 heavy (non-hydrogen) atoms. The highest BCUT2D eigenvalue weighted by molar-refractivity contribution is 4.82. The number of aliphatic hydroxyl groups excluding tert-OH is 1. The molecule has 0 aromatic rings. The fourth-order valence-electron chi connectivity index (χ4n) is 1.91. The minimum absolute atomic E-state index is 0.150. The molecule has 2 fully saturated rings. The Morgan fingerprint density at radius 1 is 1.40 bits per heavy atom. The summed E-state index contributed by atoms with van der Waals surface area (Å²) in [5, 5.41) is 15.9. The summed E-state index contributed by atoms with van der Waals surface area (Å²) in [4.78, 5) is 0. The Balaban J connectivity index is 1.38. The molecular formula is C11H22N2O2.